The summed E-state index contributed by atoms with van der Waals surface area (Å²) < 4.78 is 5.35. The number of hydrogen-bond acceptors (Lipinski definition) is 3. The van der Waals surface area contributed by atoms with E-state index in [0.29, 0.717) is 12.4 Å². The van der Waals surface area contributed by atoms with Crippen LogP contribution >= 0.6 is 0 Å². The quantitative estimate of drug-likeness (QED) is 0.794. The predicted octanol–water partition coefficient (Wildman–Crippen LogP) is 3.65. The summed E-state index contributed by atoms with van der Waals surface area (Å²) in [5.41, 5.74) is 1.55. The van der Waals surface area contributed by atoms with Crippen LogP contribution in [0.25, 0.3) is 6.08 Å². The number of benzene rings is 1. The Morgan fingerprint density at radius 2 is 2.05 bits per heavy atom. The van der Waals surface area contributed by atoms with E-state index < -0.39 is 0 Å². The molecule has 3 heteroatoms. The molecule has 0 unspecified atom stereocenters. The molecule has 0 radical (unpaired) electrons. The Hall–Kier alpha value is -2.03. The fourth-order valence-electron chi connectivity index (χ4n) is 1.60. The summed E-state index contributed by atoms with van der Waals surface area (Å²) in [6, 6.07) is 3.53. The number of hydrogen-bond donors (Lipinski definition) is 1. The van der Waals surface area contributed by atoms with Gasteiger partial charge in [0.25, 0.3) is 0 Å². The molecule has 0 spiro atoms. The molecule has 1 aromatic rings. The lowest BCUT2D eigenvalue weighted by Gasteiger charge is -2.09. The van der Waals surface area contributed by atoms with Gasteiger partial charge in [0.15, 0.2) is 17.3 Å². The third-order valence-corrected chi connectivity index (χ3v) is 2.55. The van der Waals surface area contributed by atoms with Crippen LogP contribution in [-0.2, 0) is 4.79 Å². The molecule has 1 rings (SSSR count). The highest BCUT2D eigenvalue weighted by Crippen LogP contribution is 2.31. The monoisotopic (exact) mass is 260 g/mol. The first-order valence-corrected chi connectivity index (χ1v) is 6.43. The number of allylic oxidation sites excluding steroid dienone is 3. The van der Waals surface area contributed by atoms with Gasteiger partial charge in [-0.1, -0.05) is 19.1 Å². The number of carbonyl (C=O) groups is 1. The van der Waals surface area contributed by atoms with Crippen LogP contribution in [-0.4, -0.2) is 17.5 Å². The zero-order valence-corrected chi connectivity index (χ0v) is 11.6. The molecule has 0 aliphatic carbocycles. The third kappa shape index (κ3) is 4.62. The third-order valence-electron chi connectivity index (χ3n) is 2.55. The van der Waals surface area contributed by atoms with Gasteiger partial charge in [-0.2, -0.15) is 0 Å². The van der Waals surface area contributed by atoms with Crippen LogP contribution in [0.4, 0.5) is 0 Å². The zero-order valence-electron chi connectivity index (χ0n) is 11.6. The number of phenols is 1. The topological polar surface area (TPSA) is 46.5 Å². The summed E-state index contributed by atoms with van der Waals surface area (Å²) in [4.78, 5) is 11.5. The van der Waals surface area contributed by atoms with Crippen molar-refractivity contribution in [2.24, 2.45) is 0 Å². The van der Waals surface area contributed by atoms with Gasteiger partial charge in [0.2, 0.25) is 0 Å². The van der Waals surface area contributed by atoms with Crippen LogP contribution in [0.1, 0.15) is 31.4 Å². The molecule has 3 nitrogen and oxygen atoms in total. The molecule has 0 fully saturated rings. The number of carbonyl (C=O) groups excluding carboxylic acids is 1. The van der Waals surface area contributed by atoms with E-state index in [4.69, 9.17) is 4.74 Å². The van der Waals surface area contributed by atoms with Gasteiger partial charge in [-0.3, -0.25) is 4.79 Å². The zero-order chi connectivity index (χ0) is 14.3. The van der Waals surface area contributed by atoms with Gasteiger partial charge >= 0.3 is 0 Å². The van der Waals surface area contributed by atoms with E-state index in [9.17, 15) is 9.90 Å². The van der Waals surface area contributed by atoms with Crippen molar-refractivity contribution in [1.82, 2.24) is 0 Å². The number of ketones is 1. The summed E-state index contributed by atoms with van der Waals surface area (Å²) >= 11 is 0. The van der Waals surface area contributed by atoms with E-state index in [1.165, 1.54) is 6.08 Å². The Morgan fingerprint density at radius 3 is 2.68 bits per heavy atom. The smallest absolute Gasteiger partial charge is 0.178 e. The molecule has 0 aliphatic heterocycles. The minimum absolute atomic E-state index is 0.0504. The standard InChI is InChI=1S/C16H20O3/c1-4-6-7-14(17)9-8-13-10-12(3)16(18)15(11-13)19-5-2/h6-11,18H,4-5H2,1-3H3/b7-6+,9-8+. The van der Waals surface area contributed by atoms with Crippen molar-refractivity contribution >= 4 is 11.9 Å². The molecule has 0 aromatic heterocycles. The highest BCUT2D eigenvalue weighted by molar-refractivity contribution is 6.02. The lowest BCUT2D eigenvalue weighted by molar-refractivity contribution is -0.110. The van der Waals surface area contributed by atoms with E-state index >= 15 is 0 Å². The summed E-state index contributed by atoms with van der Waals surface area (Å²) in [6.45, 7) is 6.12. The molecule has 0 atom stereocenters. The second-order valence-corrected chi connectivity index (χ2v) is 4.16. The highest BCUT2D eigenvalue weighted by atomic mass is 16.5. The molecule has 0 bridgehead atoms. The largest absolute Gasteiger partial charge is 0.504 e. The van der Waals surface area contributed by atoms with Crippen LogP contribution in [0.5, 0.6) is 11.5 Å². The first-order valence-electron chi connectivity index (χ1n) is 6.43. The summed E-state index contributed by atoms with van der Waals surface area (Å²) in [6.07, 6.45) is 7.44. The molecule has 0 heterocycles. The molecule has 0 amide bonds. The molecular formula is C16H20O3. The van der Waals surface area contributed by atoms with E-state index in [1.807, 2.05) is 26.0 Å². The van der Waals surface area contributed by atoms with Gasteiger partial charge < -0.3 is 9.84 Å². The van der Waals surface area contributed by atoms with E-state index in [1.54, 1.807) is 25.1 Å². The van der Waals surface area contributed by atoms with Crippen LogP contribution in [0.2, 0.25) is 0 Å². The number of ether oxygens (including phenoxy) is 1. The van der Waals surface area contributed by atoms with Gasteiger partial charge in [0, 0.05) is 0 Å². The average Bonchev–Trinajstić information content (AvgIpc) is 2.39. The van der Waals surface area contributed by atoms with Crippen LogP contribution < -0.4 is 4.74 Å². The Labute approximate surface area is 114 Å². The van der Waals surface area contributed by atoms with Crippen molar-refractivity contribution < 1.29 is 14.6 Å². The van der Waals surface area contributed by atoms with E-state index in [0.717, 1.165) is 17.5 Å². The summed E-state index contributed by atoms with van der Waals surface area (Å²) in [7, 11) is 0. The van der Waals surface area contributed by atoms with Gasteiger partial charge in [-0.25, -0.2) is 0 Å². The molecule has 0 aliphatic rings. The Balaban J connectivity index is 2.92. The van der Waals surface area contributed by atoms with E-state index in [-0.39, 0.29) is 11.5 Å². The molecule has 102 valence electrons. The van der Waals surface area contributed by atoms with Crippen molar-refractivity contribution in [1.29, 1.82) is 0 Å². The fourth-order valence-corrected chi connectivity index (χ4v) is 1.60. The Kier molecular flexibility index (Phi) is 5.86. The fraction of sp³-hybridized carbons (Fsp3) is 0.312. The van der Waals surface area contributed by atoms with Crippen molar-refractivity contribution in [2.45, 2.75) is 27.2 Å². The minimum atomic E-state index is -0.0504. The van der Waals surface area contributed by atoms with Crippen molar-refractivity contribution in [2.75, 3.05) is 6.61 Å². The van der Waals surface area contributed by atoms with E-state index in [2.05, 4.69) is 0 Å². The number of rotatable bonds is 6. The highest BCUT2D eigenvalue weighted by Gasteiger charge is 2.06. The minimum Gasteiger partial charge on any atom is -0.504 e. The van der Waals surface area contributed by atoms with Gasteiger partial charge in [0.1, 0.15) is 0 Å². The van der Waals surface area contributed by atoms with Crippen molar-refractivity contribution in [3.05, 3.63) is 41.5 Å². The lowest BCUT2D eigenvalue weighted by Crippen LogP contribution is -1.94. The first-order chi connectivity index (χ1) is 9.08. The van der Waals surface area contributed by atoms with Crippen molar-refractivity contribution in [3.63, 3.8) is 0 Å². The number of aryl methyl sites for hydroxylation is 1. The maximum Gasteiger partial charge on any atom is 0.178 e. The molecule has 0 saturated heterocycles. The molecule has 19 heavy (non-hydrogen) atoms. The molecule has 1 aromatic carbocycles. The molecular weight excluding hydrogens is 240 g/mol. The van der Waals surface area contributed by atoms with Gasteiger partial charge in [0.05, 0.1) is 6.61 Å². The van der Waals surface area contributed by atoms with Crippen LogP contribution in [0.3, 0.4) is 0 Å². The molecule has 1 N–H and O–H groups in total. The number of aromatic hydroxyl groups is 1. The predicted molar refractivity (Wildman–Crippen MR) is 77.5 cm³/mol. The van der Waals surface area contributed by atoms with Crippen LogP contribution in [0, 0.1) is 6.92 Å². The maximum absolute atomic E-state index is 11.5. The van der Waals surface area contributed by atoms with Gasteiger partial charge in [-0.15, -0.1) is 0 Å². The summed E-state index contributed by atoms with van der Waals surface area (Å²) in [5.74, 6) is 0.542. The Bertz CT molecular complexity index is 499. The van der Waals surface area contributed by atoms with Gasteiger partial charge in [-0.05, 0) is 55.7 Å². The normalized spacial score (nSPS) is 11.3. The SMILES string of the molecule is CC/C=C/C(=O)/C=C/c1cc(C)c(O)c(OCC)c1. The average molecular weight is 260 g/mol. The maximum atomic E-state index is 11.5. The van der Waals surface area contributed by atoms with Crippen LogP contribution in [0.15, 0.2) is 30.4 Å². The second-order valence-electron chi connectivity index (χ2n) is 4.16. The second kappa shape index (κ2) is 7.41. The number of phenolic OH excluding ortho intramolecular Hbond substituents is 1. The Morgan fingerprint density at radius 1 is 1.32 bits per heavy atom. The first kappa shape index (κ1) is 15.0. The lowest BCUT2D eigenvalue weighted by atomic mass is 10.1. The van der Waals surface area contributed by atoms with Crippen molar-refractivity contribution in [3.8, 4) is 11.5 Å². The summed E-state index contributed by atoms with van der Waals surface area (Å²) in [5, 5.41) is 9.82. The molecule has 0 saturated carbocycles.